The minimum absolute atomic E-state index is 0.204. The summed E-state index contributed by atoms with van der Waals surface area (Å²) < 4.78 is 5.28. The van der Waals surface area contributed by atoms with E-state index >= 15 is 0 Å². The van der Waals surface area contributed by atoms with Crippen molar-refractivity contribution in [2.24, 2.45) is 0 Å². The molecule has 0 saturated heterocycles. The first kappa shape index (κ1) is 16.6. The van der Waals surface area contributed by atoms with Crippen LogP contribution in [-0.2, 0) is 9.53 Å². The number of hydrogen-bond donors (Lipinski definition) is 0. The highest BCUT2D eigenvalue weighted by atomic mass is 16.5. The Morgan fingerprint density at radius 2 is 1.47 bits per heavy atom. The molecule has 0 radical (unpaired) electrons. The predicted molar refractivity (Wildman–Crippen MR) is 73.3 cm³/mol. The van der Waals surface area contributed by atoms with Crippen molar-refractivity contribution in [2.75, 3.05) is 6.61 Å². The van der Waals surface area contributed by atoms with E-state index in [-0.39, 0.29) is 11.9 Å². The fraction of sp³-hybridized carbons (Fsp3) is 0.933. The van der Waals surface area contributed by atoms with Crippen molar-refractivity contribution in [3.05, 3.63) is 0 Å². The molecule has 2 heteroatoms. The molecule has 17 heavy (non-hydrogen) atoms. The summed E-state index contributed by atoms with van der Waals surface area (Å²) in [6.45, 7) is 6.66. The van der Waals surface area contributed by atoms with Crippen LogP contribution in [0.4, 0.5) is 0 Å². The Hall–Kier alpha value is -0.370. The molecule has 0 aliphatic rings. The van der Waals surface area contributed by atoms with E-state index in [2.05, 4.69) is 6.92 Å². The van der Waals surface area contributed by atoms with Gasteiger partial charge in [0.15, 0.2) is 5.78 Å². The van der Waals surface area contributed by atoms with Crippen molar-refractivity contribution in [3.63, 3.8) is 0 Å². The van der Waals surface area contributed by atoms with Gasteiger partial charge in [-0.3, -0.25) is 4.79 Å². The van der Waals surface area contributed by atoms with Gasteiger partial charge < -0.3 is 4.74 Å². The molecule has 0 aromatic carbocycles. The second-order valence-electron chi connectivity index (χ2n) is 4.79. The molecule has 0 rings (SSSR count). The number of carbonyl (C=O) groups is 1. The number of carbonyl (C=O) groups excluding carboxylic acids is 1. The fourth-order valence-electron chi connectivity index (χ4n) is 1.98. The van der Waals surface area contributed by atoms with E-state index in [1.165, 1.54) is 44.9 Å². The van der Waals surface area contributed by atoms with Gasteiger partial charge in [0, 0.05) is 13.0 Å². The standard InChI is InChI=1S/C15H30O2/c1-4-6-7-8-9-10-11-12-13-15(16)14(3)17-5-2/h14H,4-13H2,1-3H3. The topological polar surface area (TPSA) is 26.3 Å². The van der Waals surface area contributed by atoms with Gasteiger partial charge in [0.2, 0.25) is 0 Å². The lowest BCUT2D eigenvalue weighted by molar-refractivity contribution is -0.129. The van der Waals surface area contributed by atoms with E-state index in [0.29, 0.717) is 13.0 Å². The third-order valence-corrected chi connectivity index (χ3v) is 3.15. The second kappa shape index (κ2) is 12.1. The van der Waals surface area contributed by atoms with Gasteiger partial charge in [-0.1, -0.05) is 51.9 Å². The molecule has 1 unspecified atom stereocenters. The lowest BCUT2D eigenvalue weighted by atomic mass is 10.0. The number of ketones is 1. The van der Waals surface area contributed by atoms with Crippen LogP contribution >= 0.6 is 0 Å². The average molecular weight is 242 g/mol. The molecule has 0 amide bonds. The second-order valence-corrected chi connectivity index (χ2v) is 4.79. The molecule has 102 valence electrons. The Balaban J connectivity index is 3.24. The molecule has 0 N–H and O–H groups in total. The highest BCUT2D eigenvalue weighted by molar-refractivity contribution is 5.82. The third kappa shape index (κ3) is 10.5. The van der Waals surface area contributed by atoms with Gasteiger partial charge in [0.05, 0.1) is 0 Å². The average Bonchev–Trinajstić information content (AvgIpc) is 2.32. The zero-order chi connectivity index (χ0) is 12.9. The van der Waals surface area contributed by atoms with Crippen LogP contribution in [0.3, 0.4) is 0 Å². The minimum atomic E-state index is -0.204. The van der Waals surface area contributed by atoms with Crippen molar-refractivity contribution in [2.45, 2.75) is 84.7 Å². The van der Waals surface area contributed by atoms with E-state index < -0.39 is 0 Å². The van der Waals surface area contributed by atoms with Crippen LogP contribution < -0.4 is 0 Å². The van der Waals surface area contributed by atoms with E-state index in [1.54, 1.807) is 0 Å². The summed E-state index contributed by atoms with van der Waals surface area (Å²) in [4.78, 5) is 11.6. The van der Waals surface area contributed by atoms with Gasteiger partial charge in [-0.2, -0.15) is 0 Å². The van der Waals surface area contributed by atoms with Crippen LogP contribution in [0.5, 0.6) is 0 Å². The first-order chi connectivity index (χ1) is 8.22. The van der Waals surface area contributed by atoms with Crippen molar-refractivity contribution >= 4 is 5.78 Å². The number of Topliss-reactive ketones (excluding diaryl/α,β-unsaturated/α-hetero) is 1. The maximum Gasteiger partial charge on any atom is 0.161 e. The normalized spacial score (nSPS) is 12.6. The lowest BCUT2D eigenvalue weighted by Gasteiger charge is -2.09. The first-order valence-corrected chi connectivity index (χ1v) is 7.36. The van der Waals surface area contributed by atoms with E-state index in [4.69, 9.17) is 4.74 Å². The maximum absolute atomic E-state index is 11.6. The number of ether oxygens (including phenoxy) is 1. The Kier molecular flexibility index (Phi) is 11.8. The van der Waals surface area contributed by atoms with Crippen molar-refractivity contribution in [3.8, 4) is 0 Å². The third-order valence-electron chi connectivity index (χ3n) is 3.15. The largest absolute Gasteiger partial charge is 0.371 e. The minimum Gasteiger partial charge on any atom is -0.371 e. The molecule has 0 aliphatic carbocycles. The van der Waals surface area contributed by atoms with Crippen LogP contribution in [0.1, 0.15) is 78.6 Å². The lowest BCUT2D eigenvalue weighted by Crippen LogP contribution is -2.20. The summed E-state index contributed by atoms with van der Waals surface area (Å²) >= 11 is 0. The van der Waals surface area contributed by atoms with E-state index in [0.717, 1.165) is 6.42 Å². The molecular weight excluding hydrogens is 212 g/mol. The highest BCUT2D eigenvalue weighted by Gasteiger charge is 2.11. The van der Waals surface area contributed by atoms with Gasteiger partial charge in [-0.15, -0.1) is 0 Å². The molecule has 0 heterocycles. The Bertz CT molecular complexity index is 178. The molecular formula is C15H30O2. The molecule has 0 aromatic rings. The van der Waals surface area contributed by atoms with E-state index in [1.807, 2.05) is 13.8 Å². The summed E-state index contributed by atoms with van der Waals surface area (Å²) in [5, 5.41) is 0. The van der Waals surface area contributed by atoms with Crippen molar-refractivity contribution in [1.82, 2.24) is 0 Å². The molecule has 0 aliphatic heterocycles. The summed E-state index contributed by atoms with van der Waals surface area (Å²) in [5.74, 6) is 0.262. The van der Waals surface area contributed by atoms with Gasteiger partial charge in [-0.25, -0.2) is 0 Å². The molecule has 2 nitrogen and oxygen atoms in total. The molecule has 0 aromatic heterocycles. The SMILES string of the molecule is CCCCCCCCCCC(=O)C(C)OCC. The molecule has 0 spiro atoms. The summed E-state index contributed by atoms with van der Waals surface area (Å²) in [6.07, 6.45) is 10.7. The number of hydrogen-bond acceptors (Lipinski definition) is 2. The molecule has 1 atom stereocenters. The Morgan fingerprint density at radius 1 is 0.941 bits per heavy atom. The van der Waals surface area contributed by atoms with Crippen molar-refractivity contribution < 1.29 is 9.53 Å². The van der Waals surface area contributed by atoms with Crippen LogP contribution in [0.25, 0.3) is 0 Å². The number of unbranched alkanes of at least 4 members (excludes halogenated alkanes) is 7. The van der Waals surface area contributed by atoms with Crippen LogP contribution in [0.15, 0.2) is 0 Å². The van der Waals surface area contributed by atoms with Crippen molar-refractivity contribution in [1.29, 1.82) is 0 Å². The number of rotatable bonds is 12. The smallest absolute Gasteiger partial charge is 0.161 e. The highest BCUT2D eigenvalue weighted by Crippen LogP contribution is 2.10. The molecule has 0 bridgehead atoms. The first-order valence-electron chi connectivity index (χ1n) is 7.36. The summed E-state index contributed by atoms with van der Waals surface area (Å²) in [5.41, 5.74) is 0. The Labute approximate surface area is 107 Å². The molecule has 0 saturated carbocycles. The van der Waals surface area contributed by atoms with E-state index in [9.17, 15) is 4.79 Å². The van der Waals surface area contributed by atoms with Crippen LogP contribution in [0, 0.1) is 0 Å². The predicted octanol–water partition coefficient (Wildman–Crippen LogP) is 4.51. The Morgan fingerprint density at radius 3 is 2.00 bits per heavy atom. The van der Waals surface area contributed by atoms with Gasteiger partial charge in [0.25, 0.3) is 0 Å². The van der Waals surface area contributed by atoms with Gasteiger partial charge in [0.1, 0.15) is 6.10 Å². The monoisotopic (exact) mass is 242 g/mol. The summed E-state index contributed by atoms with van der Waals surface area (Å²) in [7, 11) is 0. The quantitative estimate of drug-likeness (QED) is 0.471. The van der Waals surface area contributed by atoms with Crippen LogP contribution in [0.2, 0.25) is 0 Å². The fourth-order valence-corrected chi connectivity index (χ4v) is 1.98. The zero-order valence-electron chi connectivity index (χ0n) is 12.0. The van der Waals surface area contributed by atoms with Gasteiger partial charge >= 0.3 is 0 Å². The van der Waals surface area contributed by atoms with Crippen LogP contribution in [-0.4, -0.2) is 18.5 Å². The molecule has 0 fully saturated rings. The summed E-state index contributed by atoms with van der Waals surface area (Å²) in [6, 6.07) is 0. The van der Waals surface area contributed by atoms with Gasteiger partial charge in [-0.05, 0) is 20.3 Å². The zero-order valence-corrected chi connectivity index (χ0v) is 12.0. The maximum atomic E-state index is 11.6.